The zero-order chi connectivity index (χ0) is 52.7. The van der Waals surface area contributed by atoms with Crippen molar-refractivity contribution in [2.45, 2.75) is 290 Å². The SMILES string of the molecule is CC/C=C\C/C=C\C/C=C\CCCCCCCCCC(=O)OC(COC(=O)CCCCCCCCCCCCCCC)COP(=O)(O)OCC(CO)OC(=O)CCCCCCC/C=C\CCCCCCCC. The van der Waals surface area contributed by atoms with Gasteiger partial charge >= 0.3 is 25.7 Å². The molecule has 0 heterocycles. The third-order valence-electron chi connectivity index (χ3n) is 12.7. The lowest BCUT2D eigenvalue weighted by atomic mass is 10.0. The topological polar surface area (TPSA) is 155 Å². The van der Waals surface area contributed by atoms with Gasteiger partial charge in [-0.3, -0.25) is 23.4 Å². The van der Waals surface area contributed by atoms with Gasteiger partial charge in [-0.1, -0.05) is 230 Å². The molecule has 0 aliphatic carbocycles. The molecule has 72 heavy (non-hydrogen) atoms. The fourth-order valence-corrected chi connectivity index (χ4v) is 9.03. The molecule has 0 rings (SSSR count). The summed E-state index contributed by atoms with van der Waals surface area (Å²) in [5.41, 5.74) is 0. The Morgan fingerprint density at radius 2 is 0.722 bits per heavy atom. The van der Waals surface area contributed by atoms with Gasteiger partial charge in [-0.25, -0.2) is 4.57 Å². The largest absolute Gasteiger partial charge is 0.472 e. The first-order chi connectivity index (χ1) is 35.2. The number of esters is 3. The third-order valence-corrected chi connectivity index (χ3v) is 13.7. The minimum atomic E-state index is -4.75. The van der Waals surface area contributed by atoms with Crippen LogP contribution in [0.1, 0.15) is 278 Å². The van der Waals surface area contributed by atoms with Gasteiger partial charge in [0.15, 0.2) is 6.10 Å². The Bertz CT molecular complexity index is 1400. The zero-order valence-electron chi connectivity index (χ0n) is 46.4. The van der Waals surface area contributed by atoms with E-state index < -0.39 is 57.8 Å². The number of hydrogen-bond acceptors (Lipinski definition) is 10. The van der Waals surface area contributed by atoms with Crippen molar-refractivity contribution in [2.24, 2.45) is 0 Å². The van der Waals surface area contributed by atoms with Crippen LogP contribution >= 0.6 is 7.82 Å². The first-order valence-corrected chi connectivity index (χ1v) is 31.0. The molecule has 0 aliphatic rings. The van der Waals surface area contributed by atoms with Gasteiger partial charge in [0, 0.05) is 19.3 Å². The summed E-state index contributed by atoms with van der Waals surface area (Å²) in [6, 6.07) is 0. The summed E-state index contributed by atoms with van der Waals surface area (Å²) in [5.74, 6) is -1.47. The highest BCUT2D eigenvalue weighted by atomic mass is 31.2. The van der Waals surface area contributed by atoms with Gasteiger partial charge in [-0.05, 0) is 77.0 Å². The molecule has 0 amide bonds. The average molecular weight is 1040 g/mol. The van der Waals surface area contributed by atoms with Crippen molar-refractivity contribution >= 4 is 25.7 Å². The second-order valence-corrected chi connectivity index (χ2v) is 21.2. The van der Waals surface area contributed by atoms with Crippen molar-refractivity contribution in [3.63, 3.8) is 0 Å². The van der Waals surface area contributed by atoms with E-state index in [-0.39, 0.29) is 25.9 Å². The lowest BCUT2D eigenvalue weighted by molar-refractivity contribution is -0.161. The van der Waals surface area contributed by atoms with E-state index in [0.717, 1.165) is 109 Å². The lowest BCUT2D eigenvalue weighted by Gasteiger charge is -2.21. The molecule has 3 atom stereocenters. The van der Waals surface area contributed by atoms with E-state index in [1.54, 1.807) is 0 Å². The van der Waals surface area contributed by atoms with Crippen molar-refractivity contribution in [1.29, 1.82) is 0 Å². The number of aliphatic hydroxyl groups excluding tert-OH is 1. The molecule has 420 valence electrons. The molecular weight excluding hydrogens is 928 g/mol. The van der Waals surface area contributed by atoms with Crippen LogP contribution in [0.15, 0.2) is 48.6 Å². The van der Waals surface area contributed by atoms with Crippen molar-refractivity contribution < 1.29 is 52.2 Å². The first kappa shape index (κ1) is 69.4. The van der Waals surface area contributed by atoms with Gasteiger partial charge in [0.05, 0.1) is 19.8 Å². The molecule has 0 spiro atoms. The molecule has 0 saturated heterocycles. The van der Waals surface area contributed by atoms with Crippen LogP contribution in [-0.2, 0) is 42.2 Å². The fourth-order valence-electron chi connectivity index (χ4n) is 8.25. The van der Waals surface area contributed by atoms with Crippen LogP contribution in [0.5, 0.6) is 0 Å². The summed E-state index contributed by atoms with van der Waals surface area (Å²) < 4.78 is 39.5. The van der Waals surface area contributed by atoms with Crippen LogP contribution in [0.2, 0.25) is 0 Å². The van der Waals surface area contributed by atoms with Gasteiger partial charge in [0.1, 0.15) is 12.7 Å². The van der Waals surface area contributed by atoms with E-state index in [9.17, 15) is 28.9 Å². The van der Waals surface area contributed by atoms with Gasteiger partial charge in [-0.15, -0.1) is 0 Å². The highest BCUT2D eigenvalue weighted by Crippen LogP contribution is 2.43. The second kappa shape index (κ2) is 54.7. The van der Waals surface area contributed by atoms with Gasteiger partial charge in [0.25, 0.3) is 0 Å². The van der Waals surface area contributed by atoms with Crippen molar-refractivity contribution in [1.82, 2.24) is 0 Å². The summed E-state index contributed by atoms with van der Waals surface area (Å²) in [6.45, 7) is 4.54. The number of carbonyl (C=O) groups is 3. The molecule has 0 aromatic rings. The molecule has 12 heteroatoms. The van der Waals surface area contributed by atoms with Crippen LogP contribution in [0.4, 0.5) is 0 Å². The number of hydrogen-bond donors (Lipinski definition) is 2. The number of phosphoric ester groups is 1. The maximum atomic E-state index is 12.9. The van der Waals surface area contributed by atoms with Crippen LogP contribution in [0.25, 0.3) is 0 Å². The number of phosphoric acid groups is 1. The van der Waals surface area contributed by atoms with Crippen molar-refractivity contribution in [3.8, 4) is 0 Å². The van der Waals surface area contributed by atoms with E-state index in [4.69, 9.17) is 23.3 Å². The van der Waals surface area contributed by atoms with E-state index in [1.165, 1.54) is 109 Å². The Labute approximate surface area is 441 Å². The number of ether oxygens (including phenoxy) is 3. The van der Waals surface area contributed by atoms with Crippen LogP contribution in [0, 0.1) is 0 Å². The fraction of sp³-hybridized carbons (Fsp3) is 0.817. The quantitative estimate of drug-likeness (QED) is 0.0197. The number of carbonyl (C=O) groups excluding carboxylic acids is 3. The molecule has 0 aliphatic heterocycles. The molecular formula is C60H109O11P. The Hall–Kier alpha value is -2.56. The molecule has 0 aromatic heterocycles. The molecule has 2 N–H and O–H groups in total. The highest BCUT2D eigenvalue weighted by Gasteiger charge is 2.28. The minimum Gasteiger partial charge on any atom is -0.462 e. The molecule has 0 radical (unpaired) electrons. The highest BCUT2D eigenvalue weighted by molar-refractivity contribution is 7.47. The van der Waals surface area contributed by atoms with Crippen molar-refractivity contribution in [3.05, 3.63) is 48.6 Å². The minimum absolute atomic E-state index is 0.158. The van der Waals surface area contributed by atoms with Crippen LogP contribution in [0.3, 0.4) is 0 Å². The number of rotatable bonds is 55. The average Bonchev–Trinajstić information content (AvgIpc) is 3.37. The predicted molar refractivity (Wildman–Crippen MR) is 298 cm³/mol. The number of allylic oxidation sites excluding steroid dienone is 8. The normalized spacial score (nSPS) is 13.7. The Morgan fingerprint density at radius 3 is 1.12 bits per heavy atom. The summed E-state index contributed by atoms with van der Waals surface area (Å²) in [6.07, 6.45) is 57.7. The summed E-state index contributed by atoms with van der Waals surface area (Å²) in [5, 5.41) is 9.82. The standard InChI is InChI=1S/C60H109O11P/c1-4-7-10-13-16-19-22-25-27-28-30-33-36-39-42-45-48-51-60(64)71-57(53-67-58(62)49-46-43-40-37-34-31-24-21-18-15-12-9-6-3)55-69-72(65,66)68-54-56(52-61)70-59(63)50-47-44-41-38-35-32-29-26-23-20-17-14-11-8-5-2/h7,10,16,19,25-27,29,56-57,61H,4-6,8-9,11-15,17-18,20-24,28,30-55H2,1-3H3,(H,65,66)/b10-7-,19-16-,27-25-,29-26-. The van der Waals surface area contributed by atoms with Gasteiger partial charge in [-0.2, -0.15) is 0 Å². The van der Waals surface area contributed by atoms with Crippen LogP contribution in [-0.4, -0.2) is 66.5 Å². The first-order valence-electron chi connectivity index (χ1n) is 29.5. The van der Waals surface area contributed by atoms with Crippen LogP contribution < -0.4 is 0 Å². The number of unbranched alkanes of at least 4 members (excludes halogenated alkanes) is 30. The third kappa shape index (κ3) is 52.3. The van der Waals surface area contributed by atoms with E-state index in [2.05, 4.69) is 69.4 Å². The van der Waals surface area contributed by atoms with Gasteiger partial charge < -0.3 is 24.2 Å². The summed E-state index contributed by atoms with van der Waals surface area (Å²) in [4.78, 5) is 48.5. The maximum absolute atomic E-state index is 12.9. The Balaban J connectivity index is 4.70. The Kier molecular flexibility index (Phi) is 52.7. The molecule has 0 aromatic carbocycles. The molecule has 0 saturated carbocycles. The van der Waals surface area contributed by atoms with E-state index in [0.29, 0.717) is 19.3 Å². The second-order valence-electron chi connectivity index (χ2n) is 19.8. The maximum Gasteiger partial charge on any atom is 0.472 e. The summed E-state index contributed by atoms with van der Waals surface area (Å²) in [7, 11) is -4.75. The predicted octanol–water partition coefficient (Wildman–Crippen LogP) is 17.4. The van der Waals surface area contributed by atoms with Crippen molar-refractivity contribution in [2.75, 3.05) is 26.4 Å². The van der Waals surface area contributed by atoms with E-state index in [1.807, 2.05) is 0 Å². The molecule has 3 unspecified atom stereocenters. The smallest absolute Gasteiger partial charge is 0.462 e. The van der Waals surface area contributed by atoms with E-state index >= 15 is 0 Å². The lowest BCUT2D eigenvalue weighted by Crippen LogP contribution is -2.30. The Morgan fingerprint density at radius 1 is 0.403 bits per heavy atom. The zero-order valence-corrected chi connectivity index (χ0v) is 47.3. The monoisotopic (exact) mass is 1040 g/mol. The molecule has 0 bridgehead atoms. The molecule has 0 fully saturated rings. The summed E-state index contributed by atoms with van der Waals surface area (Å²) >= 11 is 0. The number of aliphatic hydroxyl groups is 1. The van der Waals surface area contributed by atoms with Gasteiger partial charge in [0.2, 0.25) is 0 Å². The molecule has 11 nitrogen and oxygen atoms in total.